The minimum absolute atomic E-state index is 0.0266. The Labute approximate surface area is 217 Å². The van der Waals surface area contributed by atoms with Gasteiger partial charge in [-0.25, -0.2) is 0 Å². The first kappa shape index (κ1) is 15.6. The van der Waals surface area contributed by atoms with Crippen molar-refractivity contribution in [1.82, 2.24) is 4.98 Å². The molecule has 0 radical (unpaired) electrons. The maximum atomic E-state index is 9.23. The number of fused-ring (bicyclic) bond motifs is 3. The van der Waals surface area contributed by atoms with Crippen LogP contribution in [0.3, 0.4) is 0 Å². The third kappa shape index (κ3) is 3.95. The predicted molar refractivity (Wildman–Crippen MR) is 147 cm³/mol. The molecule has 3 aromatic carbocycles. The number of furan rings is 1. The molecule has 2 heterocycles. The van der Waals surface area contributed by atoms with E-state index >= 15 is 0 Å². The van der Waals surface area contributed by atoms with Crippen LogP contribution in [0, 0.1) is 19.1 Å². The Balaban J connectivity index is 1.54. The van der Waals surface area contributed by atoms with E-state index in [1.807, 2.05) is 42.5 Å². The summed E-state index contributed by atoms with van der Waals surface area (Å²) in [6.45, 7) is -0.647. The zero-order valence-electron chi connectivity index (χ0n) is 27.1. The Morgan fingerprint density at radius 3 is 2.49 bits per heavy atom. The minimum Gasteiger partial charge on any atom is -0.455 e. The highest BCUT2D eigenvalue weighted by Crippen LogP contribution is 2.43. The van der Waals surface area contributed by atoms with E-state index in [4.69, 9.17) is 12.6 Å². The molecular formula is C33H33NO. The Kier molecular flexibility index (Phi) is 3.73. The Hall–Kier alpha value is -3.39. The van der Waals surface area contributed by atoms with Gasteiger partial charge in [-0.2, -0.15) is 0 Å². The standard InChI is InChI=1S/C33H33NO/c1-21-18-24(23-14-16-33(3,4)17-15-23)12-13-25(21)29-19-30(34-20-22(29)2)28-10-7-9-27-26-8-5-6-11-31(26)35-32(27)28/h5-13,18-20,23H,14-17H2,1-4H3/i1D3,2D3,23D. The van der Waals surface area contributed by atoms with Gasteiger partial charge < -0.3 is 4.42 Å². The van der Waals surface area contributed by atoms with E-state index < -0.39 is 19.6 Å². The molecule has 2 aromatic heterocycles. The lowest BCUT2D eigenvalue weighted by Gasteiger charge is -2.34. The molecule has 0 aliphatic heterocycles. The van der Waals surface area contributed by atoms with E-state index in [-0.39, 0.29) is 22.1 Å². The average molecular weight is 467 g/mol. The molecule has 0 spiro atoms. The van der Waals surface area contributed by atoms with E-state index in [1.54, 1.807) is 24.3 Å². The summed E-state index contributed by atoms with van der Waals surface area (Å²) >= 11 is 0. The summed E-state index contributed by atoms with van der Waals surface area (Å²) in [5.41, 5.74) is 3.95. The summed E-state index contributed by atoms with van der Waals surface area (Å²) in [6.07, 6.45) is 4.37. The van der Waals surface area contributed by atoms with Gasteiger partial charge in [-0.15, -0.1) is 0 Å². The predicted octanol–water partition coefficient (Wildman–Crippen LogP) is 9.62. The molecule has 0 atom stereocenters. The zero-order valence-corrected chi connectivity index (χ0v) is 20.1. The van der Waals surface area contributed by atoms with Gasteiger partial charge >= 0.3 is 0 Å². The van der Waals surface area contributed by atoms with E-state index in [2.05, 4.69) is 18.8 Å². The molecule has 1 aliphatic rings. The van der Waals surface area contributed by atoms with Crippen molar-refractivity contribution >= 4 is 21.9 Å². The lowest BCUT2D eigenvalue weighted by molar-refractivity contribution is 0.224. The Morgan fingerprint density at radius 2 is 1.66 bits per heavy atom. The van der Waals surface area contributed by atoms with Gasteiger partial charge in [0.25, 0.3) is 0 Å². The molecule has 0 N–H and O–H groups in total. The van der Waals surface area contributed by atoms with E-state index in [0.29, 0.717) is 40.8 Å². The highest BCUT2D eigenvalue weighted by molar-refractivity contribution is 6.09. The van der Waals surface area contributed by atoms with Crippen molar-refractivity contribution in [1.29, 1.82) is 0 Å². The monoisotopic (exact) mass is 466 g/mol. The van der Waals surface area contributed by atoms with E-state index in [1.165, 1.54) is 6.20 Å². The molecular weight excluding hydrogens is 426 g/mol. The molecule has 0 saturated heterocycles. The molecule has 1 aliphatic carbocycles. The van der Waals surface area contributed by atoms with Gasteiger partial charge in [0.15, 0.2) is 0 Å². The van der Waals surface area contributed by atoms with Gasteiger partial charge in [0.2, 0.25) is 0 Å². The number of hydrogen-bond acceptors (Lipinski definition) is 2. The molecule has 0 amide bonds. The van der Waals surface area contributed by atoms with Gasteiger partial charge in [0, 0.05) is 32.1 Å². The second-order valence-corrected chi connectivity index (χ2v) is 10.4. The highest BCUT2D eigenvalue weighted by Gasteiger charge is 2.27. The summed E-state index contributed by atoms with van der Waals surface area (Å²) in [7, 11) is 0. The second-order valence-electron chi connectivity index (χ2n) is 10.4. The van der Waals surface area contributed by atoms with Gasteiger partial charge in [-0.3, -0.25) is 4.98 Å². The van der Waals surface area contributed by atoms with E-state index in [0.717, 1.165) is 29.2 Å². The van der Waals surface area contributed by atoms with Crippen LogP contribution in [0.1, 0.15) is 71.7 Å². The van der Waals surface area contributed by atoms with Crippen LogP contribution in [0.2, 0.25) is 0 Å². The van der Waals surface area contributed by atoms with Crippen LogP contribution in [-0.4, -0.2) is 4.98 Å². The fourth-order valence-electron chi connectivity index (χ4n) is 5.29. The average Bonchev–Trinajstić information content (AvgIpc) is 3.32. The van der Waals surface area contributed by atoms with Crippen LogP contribution in [0.15, 0.2) is 77.3 Å². The highest BCUT2D eigenvalue weighted by atomic mass is 16.3. The van der Waals surface area contributed by atoms with Gasteiger partial charge in [0.1, 0.15) is 11.2 Å². The summed E-state index contributed by atoms with van der Waals surface area (Å²) in [4.78, 5) is 4.54. The molecule has 2 nitrogen and oxygen atoms in total. The minimum atomic E-state index is -2.53. The van der Waals surface area contributed by atoms with Crippen LogP contribution in [0.5, 0.6) is 0 Å². The SMILES string of the molecule is [2H]C([2H])([2H])c1cnc(-c2cccc3c2oc2ccccc23)cc1-c1ccc(C2([2H])CCC(C)(C)CC2)cc1C([2H])([2H])[2H]. The summed E-state index contributed by atoms with van der Waals surface area (Å²) < 4.78 is 65.4. The zero-order chi connectivity index (χ0) is 30.1. The topological polar surface area (TPSA) is 26.0 Å². The number of pyridine rings is 1. The van der Waals surface area contributed by atoms with Crippen LogP contribution < -0.4 is 0 Å². The molecule has 0 bridgehead atoms. The van der Waals surface area contributed by atoms with E-state index in [9.17, 15) is 1.37 Å². The van der Waals surface area contributed by atoms with Crippen molar-refractivity contribution in [3.05, 3.63) is 89.6 Å². The third-order valence-electron chi connectivity index (χ3n) is 7.51. The summed E-state index contributed by atoms with van der Waals surface area (Å²) in [6, 6.07) is 20.2. The molecule has 0 unspecified atom stereocenters. The number of nitrogens with zero attached hydrogens (tertiary/aromatic N) is 1. The molecule has 35 heavy (non-hydrogen) atoms. The number of aromatic nitrogens is 1. The molecule has 1 saturated carbocycles. The van der Waals surface area contributed by atoms with Crippen molar-refractivity contribution < 1.29 is 14.0 Å². The van der Waals surface area contributed by atoms with Gasteiger partial charge in [0.05, 0.1) is 5.69 Å². The molecule has 176 valence electrons. The number of aryl methyl sites for hydroxylation is 2. The van der Waals surface area contributed by atoms with Crippen LogP contribution in [-0.2, 0) is 0 Å². The Bertz CT molecular complexity index is 1800. The number of benzene rings is 3. The second kappa shape index (κ2) is 8.37. The molecule has 1 fully saturated rings. The van der Waals surface area contributed by atoms with Crippen molar-refractivity contribution in [2.24, 2.45) is 5.41 Å². The fraction of sp³-hybridized carbons (Fsp3) is 0.303. The first-order valence-corrected chi connectivity index (χ1v) is 12.2. The van der Waals surface area contributed by atoms with Gasteiger partial charge in [-0.1, -0.05) is 62.4 Å². The van der Waals surface area contributed by atoms with Crippen molar-refractivity contribution in [3.63, 3.8) is 0 Å². The van der Waals surface area contributed by atoms with Gasteiger partial charge in [-0.05, 0) is 96.7 Å². The normalized spacial score (nSPS) is 20.8. The van der Waals surface area contributed by atoms with Crippen molar-refractivity contribution in [2.45, 2.75) is 59.1 Å². The quantitative estimate of drug-likeness (QED) is 0.264. The van der Waals surface area contributed by atoms with Crippen LogP contribution in [0.25, 0.3) is 44.3 Å². The third-order valence-corrected chi connectivity index (χ3v) is 7.51. The van der Waals surface area contributed by atoms with Crippen molar-refractivity contribution in [3.8, 4) is 22.4 Å². The largest absolute Gasteiger partial charge is 0.455 e. The number of rotatable bonds is 3. The molecule has 6 rings (SSSR count). The van der Waals surface area contributed by atoms with Crippen LogP contribution >= 0.6 is 0 Å². The van der Waals surface area contributed by atoms with Crippen LogP contribution in [0.4, 0.5) is 0 Å². The maximum absolute atomic E-state index is 9.23. The fourth-order valence-corrected chi connectivity index (χ4v) is 5.29. The maximum Gasteiger partial charge on any atom is 0.144 e. The number of para-hydroxylation sites is 2. The first-order chi connectivity index (χ1) is 19.7. The lowest BCUT2D eigenvalue weighted by atomic mass is 9.71. The summed E-state index contributed by atoms with van der Waals surface area (Å²) in [5, 5.41) is 1.87. The molecule has 5 aromatic rings. The smallest absolute Gasteiger partial charge is 0.144 e. The Morgan fingerprint density at radius 1 is 0.857 bits per heavy atom. The lowest BCUT2D eigenvalue weighted by Crippen LogP contribution is -2.20. The first-order valence-electron chi connectivity index (χ1n) is 15.7. The summed E-state index contributed by atoms with van der Waals surface area (Å²) in [5.74, 6) is -0.888. The van der Waals surface area contributed by atoms with Crippen molar-refractivity contribution in [2.75, 3.05) is 0 Å². The number of hydrogen-bond donors (Lipinski definition) is 0. The molecule has 2 heteroatoms.